The lowest BCUT2D eigenvalue weighted by molar-refractivity contribution is -0.127. The first-order chi connectivity index (χ1) is 15.8. The molecule has 0 aromatic heterocycles. The first-order valence-electron chi connectivity index (χ1n) is 10.8. The number of ketones is 1. The van der Waals surface area contributed by atoms with Gasteiger partial charge in [-0.05, 0) is 43.7 Å². The van der Waals surface area contributed by atoms with Crippen LogP contribution in [0.25, 0.3) is 0 Å². The maximum Gasteiger partial charge on any atom is 0.268 e. The van der Waals surface area contributed by atoms with Gasteiger partial charge in [-0.2, -0.15) is 0 Å². The highest BCUT2D eigenvalue weighted by atomic mass is 16.5. The van der Waals surface area contributed by atoms with Crippen LogP contribution in [-0.2, 0) is 14.4 Å². The van der Waals surface area contributed by atoms with Crippen molar-refractivity contribution < 1.29 is 28.7 Å². The molecule has 1 N–H and O–H groups in total. The highest BCUT2D eigenvalue weighted by Crippen LogP contribution is 2.36. The maximum atomic E-state index is 12.8. The van der Waals surface area contributed by atoms with E-state index in [0.717, 1.165) is 0 Å². The first-order valence-corrected chi connectivity index (χ1v) is 10.8. The normalized spacial score (nSPS) is 17.0. The second-order valence-corrected chi connectivity index (χ2v) is 8.01. The highest BCUT2D eigenvalue weighted by molar-refractivity contribution is 6.07. The molecule has 2 aromatic carbocycles. The van der Waals surface area contributed by atoms with Gasteiger partial charge >= 0.3 is 0 Å². The molecule has 9 heteroatoms. The fourth-order valence-corrected chi connectivity index (χ4v) is 3.81. The van der Waals surface area contributed by atoms with Gasteiger partial charge < -0.3 is 19.7 Å². The number of hydrogen-bond acceptors (Lipinski definition) is 6. The van der Waals surface area contributed by atoms with Crippen LogP contribution in [0.1, 0.15) is 37.0 Å². The van der Waals surface area contributed by atoms with E-state index >= 15 is 0 Å². The Kier molecular flexibility index (Phi) is 6.04. The second-order valence-electron chi connectivity index (χ2n) is 8.01. The number of likely N-dealkylation sites (N-methyl/N-ethyl adjacent to an activating group) is 1. The molecule has 0 saturated carbocycles. The van der Waals surface area contributed by atoms with Gasteiger partial charge in [-0.15, -0.1) is 0 Å². The number of carbonyl (C=O) groups is 4. The monoisotopic (exact) mass is 451 g/mol. The van der Waals surface area contributed by atoms with Crippen LogP contribution in [0, 0.1) is 0 Å². The number of amides is 3. The van der Waals surface area contributed by atoms with Gasteiger partial charge in [0.25, 0.3) is 11.8 Å². The molecule has 2 aromatic rings. The fraction of sp³-hybridized carbons (Fsp3) is 0.333. The zero-order valence-electron chi connectivity index (χ0n) is 18.7. The molecule has 9 nitrogen and oxygen atoms in total. The Hall–Kier alpha value is -3.88. The second kappa shape index (κ2) is 8.93. The van der Waals surface area contributed by atoms with Crippen LogP contribution >= 0.6 is 0 Å². The standard InChI is InChI=1S/C24H25N3O6/c1-4-5-19(28)15-6-9-20-18(10-15)27(24(31)14(2)33-20)12-22(29)25-16-7-8-17-21(11-16)32-13-23(30)26(17)3/h6-11,14H,4-5,12-13H2,1-3H3,(H,25,29). The molecule has 3 amide bonds. The van der Waals surface area contributed by atoms with Crippen molar-refractivity contribution in [1.82, 2.24) is 0 Å². The number of nitrogens with one attached hydrogen (secondary N) is 1. The number of hydrogen-bond donors (Lipinski definition) is 1. The van der Waals surface area contributed by atoms with Gasteiger partial charge in [0, 0.05) is 30.8 Å². The number of benzene rings is 2. The number of fused-ring (bicyclic) bond motifs is 2. The Bertz CT molecular complexity index is 1150. The third-order valence-corrected chi connectivity index (χ3v) is 5.60. The highest BCUT2D eigenvalue weighted by Gasteiger charge is 2.33. The number of ether oxygens (including phenoxy) is 2. The average Bonchev–Trinajstić information content (AvgIpc) is 2.79. The smallest absolute Gasteiger partial charge is 0.268 e. The summed E-state index contributed by atoms with van der Waals surface area (Å²) in [7, 11) is 1.66. The molecule has 0 spiro atoms. The lowest BCUT2D eigenvalue weighted by Crippen LogP contribution is -2.47. The van der Waals surface area contributed by atoms with Crippen LogP contribution in [-0.4, -0.2) is 49.8 Å². The van der Waals surface area contributed by atoms with E-state index in [-0.39, 0.29) is 30.7 Å². The summed E-state index contributed by atoms with van der Waals surface area (Å²) in [6.45, 7) is 3.21. The molecule has 2 heterocycles. The quantitative estimate of drug-likeness (QED) is 0.677. The lowest BCUT2D eigenvalue weighted by Gasteiger charge is -2.33. The van der Waals surface area contributed by atoms with Crippen molar-refractivity contribution in [3.8, 4) is 11.5 Å². The minimum Gasteiger partial charge on any atom is -0.481 e. The summed E-state index contributed by atoms with van der Waals surface area (Å²) in [6, 6.07) is 9.91. The average molecular weight is 451 g/mol. The van der Waals surface area contributed by atoms with E-state index in [9.17, 15) is 19.2 Å². The van der Waals surface area contributed by atoms with E-state index in [1.807, 2.05) is 6.92 Å². The van der Waals surface area contributed by atoms with Crippen LogP contribution < -0.4 is 24.6 Å². The Labute approximate surface area is 191 Å². The Morgan fingerprint density at radius 3 is 2.64 bits per heavy atom. The molecule has 0 aliphatic carbocycles. The molecule has 0 saturated heterocycles. The summed E-state index contributed by atoms with van der Waals surface area (Å²) in [5.74, 6) is -0.0586. The molecule has 172 valence electrons. The summed E-state index contributed by atoms with van der Waals surface area (Å²) >= 11 is 0. The van der Waals surface area contributed by atoms with Crippen LogP contribution in [0.2, 0.25) is 0 Å². The molecule has 2 aliphatic heterocycles. The van der Waals surface area contributed by atoms with Gasteiger partial charge in [-0.25, -0.2) is 0 Å². The molecule has 1 atom stereocenters. The number of anilines is 3. The predicted octanol–water partition coefficient (Wildman–Crippen LogP) is 2.78. The SMILES string of the molecule is CCCC(=O)c1ccc2c(c1)N(CC(=O)Nc1ccc3c(c1)OCC(=O)N3C)C(=O)C(C)O2. The van der Waals surface area contributed by atoms with E-state index < -0.39 is 12.0 Å². The van der Waals surface area contributed by atoms with Gasteiger partial charge in [-0.1, -0.05) is 6.92 Å². The largest absolute Gasteiger partial charge is 0.481 e. The summed E-state index contributed by atoms with van der Waals surface area (Å²) in [4.78, 5) is 52.6. The van der Waals surface area contributed by atoms with Gasteiger partial charge in [0.15, 0.2) is 18.5 Å². The lowest BCUT2D eigenvalue weighted by atomic mass is 10.0. The topological polar surface area (TPSA) is 105 Å². The Morgan fingerprint density at radius 2 is 1.88 bits per heavy atom. The van der Waals surface area contributed by atoms with Gasteiger partial charge in [-0.3, -0.25) is 24.1 Å². The van der Waals surface area contributed by atoms with Gasteiger partial charge in [0.1, 0.15) is 18.0 Å². The van der Waals surface area contributed by atoms with Crippen molar-refractivity contribution in [2.75, 3.05) is 35.3 Å². The molecular formula is C24H25N3O6. The van der Waals surface area contributed by atoms with E-state index in [0.29, 0.717) is 47.0 Å². The Morgan fingerprint density at radius 1 is 1.09 bits per heavy atom. The molecule has 1 unspecified atom stereocenters. The molecule has 0 fully saturated rings. The summed E-state index contributed by atoms with van der Waals surface area (Å²) in [5.41, 5.74) is 1.95. The minimum atomic E-state index is -0.757. The van der Waals surface area contributed by atoms with Crippen LogP contribution in [0.15, 0.2) is 36.4 Å². The molecular weight excluding hydrogens is 426 g/mol. The van der Waals surface area contributed by atoms with Crippen molar-refractivity contribution >= 4 is 40.6 Å². The van der Waals surface area contributed by atoms with Crippen molar-refractivity contribution in [2.45, 2.75) is 32.8 Å². The fourth-order valence-electron chi connectivity index (χ4n) is 3.81. The molecule has 33 heavy (non-hydrogen) atoms. The molecule has 2 aliphatic rings. The van der Waals surface area contributed by atoms with Gasteiger partial charge in [0.2, 0.25) is 5.91 Å². The Balaban J connectivity index is 1.54. The van der Waals surface area contributed by atoms with E-state index in [1.54, 1.807) is 50.4 Å². The number of nitrogens with zero attached hydrogens (tertiary/aromatic N) is 2. The van der Waals surface area contributed by atoms with E-state index in [4.69, 9.17) is 9.47 Å². The third kappa shape index (κ3) is 4.39. The molecule has 0 radical (unpaired) electrons. The summed E-state index contributed by atoms with van der Waals surface area (Å²) in [5, 5.41) is 2.77. The number of rotatable bonds is 6. The van der Waals surface area contributed by atoms with Crippen LogP contribution in [0.5, 0.6) is 11.5 Å². The predicted molar refractivity (Wildman–Crippen MR) is 122 cm³/mol. The summed E-state index contributed by atoms with van der Waals surface area (Å²) in [6.07, 6.45) is 0.349. The molecule has 0 bridgehead atoms. The minimum absolute atomic E-state index is 0.0340. The zero-order chi connectivity index (χ0) is 23.7. The van der Waals surface area contributed by atoms with Crippen LogP contribution in [0.4, 0.5) is 17.1 Å². The van der Waals surface area contributed by atoms with E-state index in [1.165, 1.54) is 9.80 Å². The maximum absolute atomic E-state index is 12.8. The third-order valence-electron chi connectivity index (χ3n) is 5.60. The van der Waals surface area contributed by atoms with Gasteiger partial charge in [0.05, 0.1) is 11.4 Å². The van der Waals surface area contributed by atoms with Crippen molar-refractivity contribution in [1.29, 1.82) is 0 Å². The van der Waals surface area contributed by atoms with Crippen molar-refractivity contribution in [2.24, 2.45) is 0 Å². The zero-order valence-corrected chi connectivity index (χ0v) is 18.7. The number of carbonyl (C=O) groups excluding carboxylic acids is 4. The number of Topliss-reactive ketones (excluding diaryl/α,β-unsaturated/α-hetero) is 1. The summed E-state index contributed by atoms with van der Waals surface area (Å²) < 4.78 is 11.1. The molecule has 4 rings (SSSR count). The van der Waals surface area contributed by atoms with Crippen LogP contribution in [0.3, 0.4) is 0 Å². The van der Waals surface area contributed by atoms with Crippen molar-refractivity contribution in [3.05, 3.63) is 42.0 Å². The van der Waals surface area contributed by atoms with Crippen molar-refractivity contribution in [3.63, 3.8) is 0 Å². The van der Waals surface area contributed by atoms with E-state index in [2.05, 4.69) is 5.32 Å². The first kappa shape index (κ1) is 22.3.